The van der Waals surface area contributed by atoms with Crippen LogP contribution in [-0.4, -0.2) is 40.6 Å². The van der Waals surface area contributed by atoms with Crippen molar-refractivity contribution in [1.82, 2.24) is 15.1 Å². The van der Waals surface area contributed by atoms with Crippen LogP contribution in [0.1, 0.15) is 5.76 Å². The van der Waals surface area contributed by atoms with E-state index in [1.54, 1.807) is 6.20 Å². The number of anilines is 1. The molecule has 0 saturated carbocycles. The average molecular weight is 346 g/mol. The highest BCUT2D eigenvalue weighted by molar-refractivity contribution is 5.97. The van der Waals surface area contributed by atoms with Crippen LogP contribution < -0.4 is 4.90 Å². The van der Waals surface area contributed by atoms with Gasteiger partial charge in [-0.1, -0.05) is 18.2 Å². The SMILES string of the molecule is O=C1CN(Cc2cc3ccccc3o2)CCN1c1ccc2[nH]ncc2c1. The number of piperazine rings is 1. The molecular formula is C20H18N4O2. The molecule has 0 spiro atoms. The van der Waals surface area contributed by atoms with Crippen LogP contribution >= 0.6 is 0 Å². The van der Waals surface area contributed by atoms with Gasteiger partial charge in [0.15, 0.2) is 0 Å². The van der Waals surface area contributed by atoms with Crippen molar-refractivity contribution in [3.8, 4) is 0 Å². The number of furan rings is 1. The molecule has 2 aromatic heterocycles. The number of amides is 1. The first-order valence-corrected chi connectivity index (χ1v) is 8.69. The number of carbonyl (C=O) groups is 1. The molecule has 26 heavy (non-hydrogen) atoms. The molecular weight excluding hydrogens is 328 g/mol. The molecule has 1 aliphatic rings. The molecule has 1 fully saturated rings. The summed E-state index contributed by atoms with van der Waals surface area (Å²) >= 11 is 0. The zero-order valence-corrected chi connectivity index (χ0v) is 14.2. The van der Waals surface area contributed by atoms with Crippen LogP contribution in [0.15, 0.2) is 59.1 Å². The summed E-state index contributed by atoms with van der Waals surface area (Å²) in [5.41, 5.74) is 2.79. The van der Waals surface area contributed by atoms with Crippen molar-refractivity contribution in [2.24, 2.45) is 0 Å². The minimum absolute atomic E-state index is 0.107. The fraction of sp³-hybridized carbons (Fsp3) is 0.200. The summed E-state index contributed by atoms with van der Waals surface area (Å²) in [6, 6.07) is 16.0. The number of aromatic amines is 1. The van der Waals surface area contributed by atoms with Crippen molar-refractivity contribution in [3.63, 3.8) is 0 Å². The lowest BCUT2D eigenvalue weighted by Crippen LogP contribution is -2.50. The predicted octanol–water partition coefficient (Wildman–Crippen LogP) is 3.16. The van der Waals surface area contributed by atoms with Gasteiger partial charge in [0, 0.05) is 29.5 Å². The Labute approximate surface area is 150 Å². The number of fused-ring (bicyclic) bond motifs is 2. The molecule has 6 nitrogen and oxygen atoms in total. The molecule has 130 valence electrons. The fourth-order valence-corrected chi connectivity index (χ4v) is 3.56. The Hall–Kier alpha value is -3.12. The molecule has 5 rings (SSSR count). The molecule has 1 saturated heterocycles. The first-order chi connectivity index (χ1) is 12.8. The number of nitrogens with zero attached hydrogens (tertiary/aromatic N) is 3. The van der Waals surface area contributed by atoms with Gasteiger partial charge in [-0.2, -0.15) is 5.10 Å². The van der Waals surface area contributed by atoms with E-state index in [4.69, 9.17) is 4.42 Å². The molecule has 4 aromatic rings. The second kappa shape index (κ2) is 6.00. The van der Waals surface area contributed by atoms with Crippen molar-refractivity contribution >= 4 is 33.5 Å². The molecule has 6 heteroatoms. The number of H-pyrrole nitrogens is 1. The molecule has 0 bridgehead atoms. The first-order valence-electron chi connectivity index (χ1n) is 8.69. The minimum atomic E-state index is 0.107. The lowest BCUT2D eigenvalue weighted by molar-refractivity contribution is -0.121. The number of rotatable bonds is 3. The molecule has 3 heterocycles. The summed E-state index contributed by atoms with van der Waals surface area (Å²) in [6.45, 7) is 2.52. The molecule has 1 N–H and O–H groups in total. The van der Waals surface area contributed by atoms with E-state index in [1.165, 1.54) is 0 Å². The number of nitrogens with one attached hydrogen (secondary N) is 1. The van der Waals surface area contributed by atoms with Gasteiger partial charge in [-0.3, -0.25) is 14.8 Å². The van der Waals surface area contributed by atoms with Crippen LogP contribution in [0, 0.1) is 0 Å². The van der Waals surface area contributed by atoms with E-state index in [1.807, 2.05) is 47.4 Å². The van der Waals surface area contributed by atoms with Crippen LogP contribution in [0.3, 0.4) is 0 Å². The average Bonchev–Trinajstić information content (AvgIpc) is 3.27. The van der Waals surface area contributed by atoms with Crippen LogP contribution in [-0.2, 0) is 11.3 Å². The van der Waals surface area contributed by atoms with E-state index >= 15 is 0 Å². The normalized spacial score (nSPS) is 16.0. The fourth-order valence-electron chi connectivity index (χ4n) is 3.56. The number of para-hydroxylation sites is 1. The molecule has 0 atom stereocenters. The second-order valence-electron chi connectivity index (χ2n) is 6.65. The highest BCUT2D eigenvalue weighted by Gasteiger charge is 2.26. The van der Waals surface area contributed by atoms with Gasteiger partial charge in [-0.05, 0) is 30.3 Å². The monoisotopic (exact) mass is 346 g/mol. The second-order valence-corrected chi connectivity index (χ2v) is 6.65. The third kappa shape index (κ3) is 2.64. The van der Waals surface area contributed by atoms with E-state index in [0.29, 0.717) is 19.6 Å². The standard InChI is InChI=1S/C20H18N4O2/c25-20-13-23(12-17-10-14-3-1-2-4-19(14)26-17)7-8-24(20)16-5-6-18-15(9-16)11-21-22-18/h1-6,9-11H,7-8,12-13H2,(H,21,22). The van der Waals surface area contributed by atoms with Gasteiger partial charge >= 0.3 is 0 Å². The maximum Gasteiger partial charge on any atom is 0.241 e. The molecule has 1 amide bonds. The van der Waals surface area contributed by atoms with Crippen molar-refractivity contribution in [2.45, 2.75) is 6.54 Å². The third-order valence-electron chi connectivity index (χ3n) is 4.89. The maximum atomic E-state index is 12.7. The summed E-state index contributed by atoms with van der Waals surface area (Å²) in [4.78, 5) is 16.7. The number of hydrogen-bond acceptors (Lipinski definition) is 4. The van der Waals surface area contributed by atoms with Crippen LogP contribution in [0.2, 0.25) is 0 Å². The van der Waals surface area contributed by atoms with E-state index in [-0.39, 0.29) is 5.91 Å². The Bertz CT molecular complexity index is 1060. The minimum Gasteiger partial charge on any atom is -0.460 e. The van der Waals surface area contributed by atoms with Crippen molar-refractivity contribution in [1.29, 1.82) is 0 Å². The number of carbonyl (C=O) groups excluding carboxylic acids is 1. The lowest BCUT2D eigenvalue weighted by Gasteiger charge is -2.33. The van der Waals surface area contributed by atoms with Gasteiger partial charge in [0.1, 0.15) is 11.3 Å². The van der Waals surface area contributed by atoms with E-state index in [2.05, 4.69) is 21.2 Å². The van der Waals surface area contributed by atoms with Gasteiger partial charge in [-0.15, -0.1) is 0 Å². The highest BCUT2D eigenvalue weighted by atomic mass is 16.3. The Morgan fingerprint density at radius 3 is 2.88 bits per heavy atom. The predicted molar refractivity (Wildman–Crippen MR) is 99.9 cm³/mol. The molecule has 0 unspecified atom stereocenters. The van der Waals surface area contributed by atoms with Crippen molar-refractivity contribution in [3.05, 3.63) is 60.5 Å². The zero-order chi connectivity index (χ0) is 17.5. The Kier molecular flexibility index (Phi) is 3.50. The quantitative estimate of drug-likeness (QED) is 0.619. The Morgan fingerprint density at radius 1 is 1.08 bits per heavy atom. The van der Waals surface area contributed by atoms with Crippen molar-refractivity contribution < 1.29 is 9.21 Å². The van der Waals surface area contributed by atoms with E-state index in [9.17, 15) is 4.79 Å². The van der Waals surface area contributed by atoms with Crippen LogP contribution in [0.5, 0.6) is 0 Å². The maximum absolute atomic E-state index is 12.7. The van der Waals surface area contributed by atoms with Crippen LogP contribution in [0.4, 0.5) is 5.69 Å². The van der Waals surface area contributed by atoms with Crippen LogP contribution in [0.25, 0.3) is 21.9 Å². The smallest absolute Gasteiger partial charge is 0.241 e. The van der Waals surface area contributed by atoms with Gasteiger partial charge in [0.25, 0.3) is 0 Å². The van der Waals surface area contributed by atoms with E-state index in [0.717, 1.165) is 39.9 Å². The Balaban J connectivity index is 1.31. The van der Waals surface area contributed by atoms with Gasteiger partial charge in [-0.25, -0.2) is 0 Å². The number of aromatic nitrogens is 2. The van der Waals surface area contributed by atoms with Crippen molar-refractivity contribution in [2.75, 3.05) is 24.5 Å². The lowest BCUT2D eigenvalue weighted by atomic mass is 10.2. The van der Waals surface area contributed by atoms with Gasteiger partial charge in [0.2, 0.25) is 5.91 Å². The summed E-state index contributed by atoms with van der Waals surface area (Å²) in [6.07, 6.45) is 1.78. The largest absolute Gasteiger partial charge is 0.460 e. The zero-order valence-electron chi connectivity index (χ0n) is 14.2. The summed E-state index contributed by atoms with van der Waals surface area (Å²) in [5, 5.41) is 9.08. The number of hydrogen-bond donors (Lipinski definition) is 1. The molecule has 2 aromatic carbocycles. The third-order valence-corrected chi connectivity index (χ3v) is 4.89. The summed E-state index contributed by atoms with van der Waals surface area (Å²) < 4.78 is 5.88. The van der Waals surface area contributed by atoms with Gasteiger partial charge < -0.3 is 9.32 Å². The summed E-state index contributed by atoms with van der Waals surface area (Å²) in [5.74, 6) is 1.00. The molecule has 0 radical (unpaired) electrons. The van der Waals surface area contributed by atoms with Gasteiger partial charge in [0.05, 0.1) is 24.8 Å². The molecule has 1 aliphatic heterocycles. The highest BCUT2D eigenvalue weighted by Crippen LogP contribution is 2.24. The molecule has 0 aliphatic carbocycles. The summed E-state index contributed by atoms with van der Waals surface area (Å²) in [7, 11) is 0. The first kappa shape index (κ1) is 15.2. The Morgan fingerprint density at radius 2 is 2.00 bits per heavy atom. The topological polar surface area (TPSA) is 65.4 Å². The number of benzene rings is 2. The van der Waals surface area contributed by atoms with E-state index < -0.39 is 0 Å².